The minimum absolute atomic E-state index is 0.0224. The van der Waals surface area contributed by atoms with Crippen LogP contribution in [0.4, 0.5) is 4.39 Å². The summed E-state index contributed by atoms with van der Waals surface area (Å²) >= 11 is 0. The summed E-state index contributed by atoms with van der Waals surface area (Å²) in [5.74, 6) is 0.350. The van der Waals surface area contributed by atoms with E-state index in [0.717, 1.165) is 46.6 Å². The molecule has 34 heavy (non-hydrogen) atoms. The molecule has 0 amide bonds. The van der Waals surface area contributed by atoms with Crippen LogP contribution in [0.25, 0.3) is 0 Å². The van der Waals surface area contributed by atoms with Crippen LogP contribution in [0.5, 0.6) is 17.2 Å². The van der Waals surface area contributed by atoms with E-state index < -0.39 is 15.9 Å². The van der Waals surface area contributed by atoms with Crippen molar-refractivity contribution >= 4 is 10.1 Å². The summed E-state index contributed by atoms with van der Waals surface area (Å²) in [6.45, 7) is 0.914. The average molecular weight is 487 g/mol. The van der Waals surface area contributed by atoms with E-state index in [0.29, 0.717) is 19.5 Å². The Morgan fingerprint density at radius 3 is 2.50 bits per heavy atom. The number of halogens is 1. The molecule has 0 saturated carbocycles. The molecule has 2 aliphatic heterocycles. The molecule has 3 aromatic rings. The van der Waals surface area contributed by atoms with Crippen molar-refractivity contribution in [1.29, 1.82) is 0 Å². The van der Waals surface area contributed by atoms with Crippen LogP contribution in [0.2, 0.25) is 0 Å². The number of rotatable bonds is 5. The van der Waals surface area contributed by atoms with Crippen LogP contribution in [0.1, 0.15) is 28.3 Å². The van der Waals surface area contributed by atoms with Gasteiger partial charge >= 0.3 is 10.1 Å². The molecule has 0 aliphatic carbocycles. The molecule has 2 atom stereocenters. The van der Waals surface area contributed by atoms with Gasteiger partial charge in [-0.05, 0) is 59.7 Å². The van der Waals surface area contributed by atoms with Gasteiger partial charge in [-0.2, -0.15) is 13.1 Å². The van der Waals surface area contributed by atoms with Gasteiger partial charge in [0.05, 0.1) is 14.2 Å². The molecule has 2 unspecified atom stereocenters. The Morgan fingerprint density at radius 1 is 0.971 bits per heavy atom. The molecule has 3 aromatic carbocycles. The Balaban J connectivity index is 1.52. The van der Waals surface area contributed by atoms with Gasteiger partial charge in [-0.3, -0.25) is 0 Å². The topological polar surface area (TPSA) is 82.1 Å². The SMILES string of the molecule is COc1ccc2c(c1)CC[N+]1(O)Cc3cc(OC)c(OS(=O)(=O)c4cccc(F)c4)cc3CC21. The second-order valence-electron chi connectivity index (χ2n) is 8.67. The molecule has 178 valence electrons. The van der Waals surface area contributed by atoms with Crippen molar-refractivity contribution in [1.82, 2.24) is 0 Å². The lowest BCUT2D eigenvalue weighted by Crippen LogP contribution is -2.54. The number of hydrogen-bond donors (Lipinski definition) is 1. The van der Waals surface area contributed by atoms with Gasteiger partial charge in [-0.15, -0.1) is 0 Å². The molecule has 0 bridgehead atoms. The van der Waals surface area contributed by atoms with Crippen LogP contribution in [-0.2, 0) is 29.5 Å². The Kier molecular flexibility index (Phi) is 5.50. The summed E-state index contributed by atoms with van der Waals surface area (Å²) in [5, 5.41) is 11.5. The summed E-state index contributed by atoms with van der Waals surface area (Å²) in [6, 6.07) is 13.7. The Hall–Kier alpha value is -3.14. The minimum atomic E-state index is -4.27. The Morgan fingerprint density at radius 2 is 1.76 bits per heavy atom. The maximum Gasteiger partial charge on any atom is 0.339 e. The van der Waals surface area contributed by atoms with E-state index in [1.165, 1.54) is 19.2 Å². The number of hydroxylamine groups is 3. The summed E-state index contributed by atoms with van der Waals surface area (Å²) < 4.78 is 55.2. The molecule has 0 aromatic heterocycles. The quantitative estimate of drug-likeness (QED) is 0.431. The van der Waals surface area contributed by atoms with Crippen molar-refractivity contribution in [2.75, 3.05) is 20.8 Å². The molecular formula is C25H25FNO6S+. The molecule has 5 rings (SSSR count). The lowest BCUT2D eigenvalue weighted by Gasteiger charge is -2.45. The highest BCUT2D eigenvalue weighted by Gasteiger charge is 2.46. The van der Waals surface area contributed by atoms with Gasteiger partial charge in [-0.1, -0.05) is 6.07 Å². The number of fused-ring (bicyclic) bond motifs is 4. The van der Waals surface area contributed by atoms with Crippen LogP contribution in [0, 0.1) is 5.82 Å². The van der Waals surface area contributed by atoms with Gasteiger partial charge in [-0.25, -0.2) is 9.60 Å². The third-order valence-corrected chi connectivity index (χ3v) is 7.92. The first-order valence-corrected chi connectivity index (χ1v) is 12.3. The maximum absolute atomic E-state index is 13.6. The molecule has 0 saturated heterocycles. The number of quaternary nitrogens is 1. The predicted octanol–water partition coefficient (Wildman–Crippen LogP) is 4.17. The van der Waals surface area contributed by atoms with Gasteiger partial charge in [0.2, 0.25) is 0 Å². The molecule has 0 radical (unpaired) electrons. The largest absolute Gasteiger partial charge is 0.497 e. The highest BCUT2D eigenvalue weighted by molar-refractivity contribution is 7.87. The van der Waals surface area contributed by atoms with Crippen LogP contribution in [0.3, 0.4) is 0 Å². The van der Waals surface area contributed by atoms with E-state index in [4.69, 9.17) is 13.7 Å². The minimum Gasteiger partial charge on any atom is -0.497 e. The molecule has 7 nitrogen and oxygen atoms in total. The smallest absolute Gasteiger partial charge is 0.339 e. The van der Waals surface area contributed by atoms with Crippen molar-refractivity contribution in [3.63, 3.8) is 0 Å². The van der Waals surface area contributed by atoms with Crippen LogP contribution >= 0.6 is 0 Å². The predicted molar refractivity (Wildman–Crippen MR) is 121 cm³/mol. The first-order chi connectivity index (χ1) is 16.2. The molecule has 1 N–H and O–H groups in total. The Labute approximate surface area is 197 Å². The van der Waals surface area contributed by atoms with Crippen molar-refractivity contribution < 1.29 is 36.3 Å². The highest BCUT2D eigenvalue weighted by Crippen LogP contribution is 2.46. The maximum atomic E-state index is 13.6. The zero-order valence-electron chi connectivity index (χ0n) is 18.8. The molecule has 9 heteroatoms. The monoisotopic (exact) mass is 486 g/mol. The van der Waals surface area contributed by atoms with Crippen molar-refractivity contribution in [3.05, 3.63) is 82.7 Å². The third-order valence-electron chi connectivity index (χ3n) is 6.69. The average Bonchev–Trinajstić information content (AvgIpc) is 2.82. The van der Waals surface area contributed by atoms with Gasteiger partial charge in [0.15, 0.2) is 11.5 Å². The second-order valence-corrected chi connectivity index (χ2v) is 10.2. The number of ether oxygens (including phenoxy) is 2. The number of nitrogens with zero attached hydrogens (tertiary/aromatic N) is 1. The van der Waals surface area contributed by atoms with Crippen LogP contribution in [0.15, 0.2) is 59.5 Å². The number of benzene rings is 3. The van der Waals surface area contributed by atoms with Crippen LogP contribution < -0.4 is 13.7 Å². The fourth-order valence-corrected chi connectivity index (χ4v) is 5.91. The third kappa shape index (κ3) is 3.89. The van der Waals surface area contributed by atoms with Gasteiger partial charge in [0, 0.05) is 24.0 Å². The van der Waals surface area contributed by atoms with E-state index in [1.807, 2.05) is 18.2 Å². The number of hydrogen-bond acceptors (Lipinski definition) is 6. The zero-order valence-corrected chi connectivity index (χ0v) is 19.6. The summed E-state index contributed by atoms with van der Waals surface area (Å²) in [5.41, 5.74) is 3.91. The van der Waals surface area contributed by atoms with Gasteiger partial charge in [0.1, 0.15) is 35.6 Å². The summed E-state index contributed by atoms with van der Waals surface area (Å²) in [4.78, 5) is -0.284. The lowest BCUT2D eigenvalue weighted by molar-refractivity contribution is -1.14. The van der Waals surface area contributed by atoms with Crippen LogP contribution in [-0.4, -0.2) is 39.0 Å². The van der Waals surface area contributed by atoms with Crippen molar-refractivity contribution in [2.24, 2.45) is 0 Å². The summed E-state index contributed by atoms with van der Waals surface area (Å²) in [7, 11) is -1.23. The summed E-state index contributed by atoms with van der Waals surface area (Å²) in [6.07, 6.45) is 1.21. The van der Waals surface area contributed by atoms with E-state index in [9.17, 15) is 18.0 Å². The van der Waals surface area contributed by atoms with Gasteiger partial charge < -0.3 is 13.7 Å². The van der Waals surface area contributed by atoms with Crippen molar-refractivity contribution in [3.8, 4) is 17.2 Å². The zero-order chi connectivity index (χ0) is 24.1. The number of methoxy groups -OCH3 is 2. The molecular weight excluding hydrogens is 461 g/mol. The molecule has 0 spiro atoms. The van der Waals surface area contributed by atoms with E-state index in [1.54, 1.807) is 19.2 Å². The van der Waals surface area contributed by atoms with E-state index in [2.05, 4.69) is 0 Å². The first-order valence-electron chi connectivity index (χ1n) is 10.9. The molecule has 0 fully saturated rings. The standard InChI is InChI=1S/C25H25FNO6S/c1-31-20-6-7-22-16(10-20)8-9-27(28)15-18-13-24(32-2)25(12-17(18)11-23(22)27)33-34(29,30)21-5-3-4-19(26)14-21/h3-7,10,12-14,23,28H,8-9,11,15H2,1-2H3/q+1. The fourth-order valence-electron chi connectivity index (χ4n) is 4.95. The van der Waals surface area contributed by atoms with Crippen molar-refractivity contribution in [2.45, 2.75) is 30.3 Å². The molecule has 2 aliphatic rings. The first kappa shape index (κ1) is 22.6. The van der Waals surface area contributed by atoms with Gasteiger partial charge in [0.25, 0.3) is 0 Å². The second kappa shape index (κ2) is 8.26. The highest BCUT2D eigenvalue weighted by atomic mass is 32.2. The fraction of sp³-hybridized carbons (Fsp3) is 0.280. The normalized spacial score (nSPS) is 21.1. The van der Waals surface area contributed by atoms with E-state index >= 15 is 0 Å². The Bertz CT molecular complexity index is 1380. The lowest BCUT2D eigenvalue weighted by atomic mass is 9.83. The van der Waals surface area contributed by atoms with E-state index in [-0.39, 0.29) is 27.1 Å². The molecule has 2 heterocycles.